The summed E-state index contributed by atoms with van der Waals surface area (Å²) in [5.41, 5.74) is 8.09. The molecule has 8 aromatic rings. The summed E-state index contributed by atoms with van der Waals surface area (Å²) in [4.78, 5) is 0. The maximum Gasteiger partial charge on any atom is 0.127 e. The number of aryl methyl sites for hydroxylation is 2. The first kappa shape index (κ1) is 36.1. The molecule has 0 fully saturated rings. The number of hydrogen-bond donors (Lipinski definition) is 0. The van der Waals surface area contributed by atoms with Crippen molar-refractivity contribution in [2.24, 2.45) is 0 Å². The third kappa shape index (κ3) is 7.76. The Balaban J connectivity index is 1.02. The summed E-state index contributed by atoms with van der Waals surface area (Å²) in [6, 6.07) is 53.9. The van der Waals surface area contributed by atoms with Gasteiger partial charge in [-0.25, -0.2) is 0 Å². The van der Waals surface area contributed by atoms with E-state index in [2.05, 4.69) is 146 Å². The Morgan fingerprint density at radius 2 is 0.661 bits per heavy atom. The van der Waals surface area contributed by atoms with Crippen molar-refractivity contribution in [1.82, 2.24) is 0 Å². The van der Waals surface area contributed by atoms with Crippen molar-refractivity contribution in [3.8, 4) is 33.8 Å². The van der Waals surface area contributed by atoms with Crippen LogP contribution in [0.2, 0.25) is 0 Å². The van der Waals surface area contributed by atoms with Crippen molar-refractivity contribution >= 4 is 43.1 Å². The monoisotopic (exact) mass is 732 g/mol. The van der Waals surface area contributed by atoms with E-state index in [9.17, 15) is 0 Å². The van der Waals surface area contributed by atoms with E-state index in [-0.39, 0.29) is 0 Å². The van der Waals surface area contributed by atoms with Gasteiger partial charge in [0.25, 0.3) is 0 Å². The highest BCUT2D eigenvalue weighted by molar-refractivity contribution is 6.09. The molecule has 1 aliphatic heterocycles. The van der Waals surface area contributed by atoms with Crippen molar-refractivity contribution < 1.29 is 9.47 Å². The lowest BCUT2D eigenvalue weighted by molar-refractivity contribution is 0.302. The molecular formula is C54H52O2. The van der Waals surface area contributed by atoms with Gasteiger partial charge in [-0.05, 0) is 128 Å². The van der Waals surface area contributed by atoms with E-state index < -0.39 is 0 Å². The minimum absolute atomic E-state index is 0.700. The van der Waals surface area contributed by atoms with E-state index in [1.807, 2.05) is 0 Å². The Morgan fingerprint density at radius 1 is 0.304 bits per heavy atom. The van der Waals surface area contributed by atoms with Gasteiger partial charge >= 0.3 is 0 Å². The molecule has 0 aliphatic carbocycles. The van der Waals surface area contributed by atoms with Gasteiger partial charge in [-0.1, -0.05) is 160 Å². The molecule has 0 radical (unpaired) electrons. The third-order valence-corrected chi connectivity index (χ3v) is 12.0. The number of hydrogen-bond acceptors (Lipinski definition) is 2. The largest absolute Gasteiger partial charge is 0.493 e. The quantitative estimate of drug-likeness (QED) is 0.155. The Labute approximate surface area is 332 Å². The summed E-state index contributed by atoms with van der Waals surface area (Å²) in [5, 5.41) is 10.2. The first-order valence-corrected chi connectivity index (χ1v) is 21.1. The Kier molecular flexibility index (Phi) is 11.0. The third-order valence-electron chi connectivity index (χ3n) is 12.0. The Morgan fingerprint density at radius 3 is 1.11 bits per heavy atom. The van der Waals surface area contributed by atoms with Crippen LogP contribution in [0.3, 0.4) is 0 Å². The van der Waals surface area contributed by atoms with Crippen LogP contribution in [-0.4, -0.2) is 13.2 Å². The van der Waals surface area contributed by atoms with Gasteiger partial charge in [0.05, 0.1) is 13.2 Å². The average molecular weight is 733 g/mol. The molecule has 0 saturated carbocycles. The van der Waals surface area contributed by atoms with Gasteiger partial charge in [-0.15, -0.1) is 0 Å². The molecule has 0 bridgehead atoms. The highest BCUT2D eigenvalue weighted by Crippen LogP contribution is 2.46. The summed E-state index contributed by atoms with van der Waals surface area (Å²) >= 11 is 0. The molecule has 280 valence electrons. The predicted octanol–water partition coefficient (Wildman–Crippen LogP) is 15.1. The van der Waals surface area contributed by atoms with Crippen LogP contribution in [0, 0.1) is 0 Å². The van der Waals surface area contributed by atoms with Crippen LogP contribution >= 0.6 is 0 Å². The SMILES string of the molecule is c1ccc2cc3c(cc2c1)CCCCCCCOc1ccc2ccccc2c1-c1c(ccc2ccccc12)OCCCCCCCc1cc2ccccc2cc1-3. The van der Waals surface area contributed by atoms with E-state index in [1.165, 1.54) is 104 Å². The summed E-state index contributed by atoms with van der Waals surface area (Å²) < 4.78 is 13.5. The second-order valence-electron chi connectivity index (χ2n) is 15.8. The zero-order valence-electron chi connectivity index (χ0n) is 32.6. The molecule has 2 nitrogen and oxygen atoms in total. The molecule has 56 heavy (non-hydrogen) atoms. The summed E-state index contributed by atoms with van der Waals surface area (Å²) in [5.74, 6) is 1.88. The first-order chi connectivity index (χ1) is 27.8. The van der Waals surface area contributed by atoms with Crippen LogP contribution in [0.5, 0.6) is 11.5 Å². The Bertz CT molecular complexity index is 2430. The van der Waals surface area contributed by atoms with E-state index >= 15 is 0 Å². The van der Waals surface area contributed by atoms with Crippen molar-refractivity contribution in [1.29, 1.82) is 0 Å². The molecule has 1 aliphatic rings. The van der Waals surface area contributed by atoms with Gasteiger partial charge in [0.2, 0.25) is 0 Å². The van der Waals surface area contributed by atoms with Gasteiger partial charge < -0.3 is 9.47 Å². The lowest BCUT2D eigenvalue weighted by atomic mass is 9.87. The lowest BCUT2D eigenvalue weighted by Gasteiger charge is -2.20. The number of benzene rings is 8. The van der Waals surface area contributed by atoms with Crippen LogP contribution in [0.15, 0.2) is 146 Å². The van der Waals surface area contributed by atoms with Gasteiger partial charge in [0.1, 0.15) is 11.5 Å². The molecule has 0 atom stereocenters. The maximum atomic E-state index is 6.74. The zero-order chi connectivity index (χ0) is 37.5. The summed E-state index contributed by atoms with van der Waals surface area (Å²) in [7, 11) is 0. The molecule has 0 amide bonds. The number of fused-ring (bicyclic) bond motifs is 12. The molecule has 2 heteroatoms. The fourth-order valence-electron chi connectivity index (χ4n) is 9.01. The first-order valence-electron chi connectivity index (χ1n) is 21.1. The number of rotatable bonds is 0. The number of ether oxygens (including phenoxy) is 2. The van der Waals surface area contributed by atoms with Crippen molar-refractivity contribution in [3.63, 3.8) is 0 Å². The molecule has 0 saturated heterocycles. The standard InChI is InChI=1S/C54H52O2/c1-3-7-25-45-35-41-21-9-11-23-43(41)37-49(45)50-38-44-24-12-10-22-42(44)36-46(50)26-8-4-2-6-18-34-56-52-32-30-40-20-14-16-28-48(40)54(52)53-47-27-15-13-19-39(47)29-31-51(53)55-33-17-5-1/h9-16,19-24,27-32,35-38H,1-8,17-18,25-26,33-34H2. The van der Waals surface area contributed by atoms with Crippen molar-refractivity contribution in [3.05, 3.63) is 157 Å². The van der Waals surface area contributed by atoms with Crippen LogP contribution < -0.4 is 9.47 Å². The van der Waals surface area contributed by atoms with Crippen molar-refractivity contribution in [2.45, 2.75) is 77.0 Å². The second-order valence-corrected chi connectivity index (χ2v) is 15.8. The average Bonchev–Trinajstić information content (AvgIpc) is 3.24. The molecule has 0 N–H and O–H groups in total. The van der Waals surface area contributed by atoms with E-state index in [4.69, 9.17) is 9.47 Å². The smallest absolute Gasteiger partial charge is 0.127 e. The van der Waals surface area contributed by atoms with Crippen LogP contribution in [0.4, 0.5) is 0 Å². The molecular weight excluding hydrogens is 681 g/mol. The van der Waals surface area contributed by atoms with Crippen molar-refractivity contribution in [2.75, 3.05) is 13.2 Å². The van der Waals surface area contributed by atoms with Crippen LogP contribution in [0.1, 0.15) is 75.3 Å². The minimum atomic E-state index is 0.700. The summed E-state index contributed by atoms with van der Waals surface area (Å²) in [6.07, 6.45) is 13.8. The fraction of sp³-hybridized carbons (Fsp3) is 0.259. The van der Waals surface area contributed by atoms with Crippen LogP contribution in [-0.2, 0) is 12.8 Å². The topological polar surface area (TPSA) is 18.5 Å². The molecule has 1 heterocycles. The van der Waals surface area contributed by atoms with Gasteiger partial charge in [0.15, 0.2) is 0 Å². The maximum absolute atomic E-state index is 6.74. The highest BCUT2D eigenvalue weighted by atomic mass is 16.5. The van der Waals surface area contributed by atoms with E-state index in [0.29, 0.717) is 13.2 Å². The minimum Gasteiger partial charge on any atom is -0.493 e. The van der Waals surface area contributed by atoms with E-state index in [0.717, 1.165) is 61.2 Å². The van der Waals surface area contributed by atoms with E-state index in [1.54, 1.807) is 0 Å². The molecule has 0 unspecified atom stereocenters. The van der Waals surface area contributed by atoms with Crippen LogP contribution in [0.25, 0.3) is 65.3 Å². The lowest BCUT2D eigenvalue weighted by Crippen LogP contribution is -2.03. The molecule has 0 spiro atoms. The molecule has 8 aromatic carbocycles. The second kappa shape index (κ2) is 17.0. The van der Waals surface area contributed by atoms with Gasteiger partial charge in [-0.3, -0.25) is 0 Å². The molecule has 0 aromatic heterocycles. The summed E-state index contributed by atoms with van der Waals surface area (Å²) in [6.45, 7) is 1.40. The zero-order valence-corrected chi connectivity index (χ0v) is 32.6. The fourth-order valence-corrected chi connectivity index (χ4v) is 9.01. The highest BCUT2D eigenvalue weighted by Gasteiger charge is 2.20. The predicted molar refractivity (Wildman–Crippen MR) is 238 cm³/mol. The molecule has 9 rings (SSSR count). The normalized spacial score (nSPS) is 15.1. The Hall–Kier alpha value is -5.60. The van der Waals surface area contributed by atoms with Gasteiger partial charge in [-0.2, -0.15) is 0 Å². The van der Waals surface area contributed by atoms with Gasteiger partial charge in [0, 0.05) is 11.1 Å².